The van der Waals surface area contributed by atoms with E-state index in [0.717, 1.165) is 25.8 Å². The third-order valence-corrected chi connectivity index (χ3v) is 6.01. The zero-order chi connectivity index (χ0) is 17.4. The van der Waals surface area contributed by atoms with Crippen LogP contribution in [0.3, 0.4) is 0 Å². The van der Waals surface area contributed by atoms with Crippen molar-refractivity contribution in [1.29, 1.82) is 0 Å². The molecule has 0 bridgehead atoms. The molecule has 0 aromatic rings. The average molecular weight is 346 g/mol. The van der Waals surface area contributed by atoms with Crippen molar-refractivity contribution in [3.8, 4) is 0 Å². The minimum atomic E-state index is -3.76. The smallest absolute Gasteiger partial charge is 0.352 e. The van der Waals surface area contributed by atoms with Gasteiger partial charge in [-0.05, 0) is 38.5 Å². The first-order valence-electron chi connectivity index (χ1n) is 9.17. The summed E-state index contributed by atoms with van der Waals surface area (Å²) in [6.07, 6.45) is 4.51. The molecule has 3 rings (SSSR count). The first kappa shape index (κ1) is 18.0. The van der Waals surface area contributed by atoms with Crippen LogP contribution >= 0.6 is 0 Å². The molecular weight excluding hydrogens is 318 g/mol. The Bertz CT molecular complexity index is 469. The van der Waals surface area contributed by atoms with Crippen molar-refractivity contribution in [3.63, 3.8) is 0 Å². The highest BCUT2D eigenvalue weighted by Crippen LogP contribution is 2.41. The number of carbonyl (C=O) groups is 1. The maximum absolute atomic E-state index is 14.6. The van der Waals surface area contributed by atoms with Gasteiger partial charge in [-0.2, -0.15) is 8.78 Å². The number of carbonyl (C=O) groups excluding carboxylic acids is 1. The van der Waals surface area contributed by atoms with E-state index in [1.165, 1.54) is 0 Å². The van der Waals surface area contributed by atoms with Crippen LogP contribution in [-0.2, 0) is 4.79 Å². The topological polar surface area (TPSA) is 72.8 Å². The van der Waals surface area contributed by atoms with Crippen LogP contribution in [0.4, 0.5) is 8.78 Å². The van der Waals surface area contributed by atoms with Crippen molar-refractivity contribution in [2.75, 3.05) is 13.1 Å². The highest BCUT2D eigenvalue weighted by molar-refractivity contribution is 5.85. The number of nitrogens with zero attached hydrogens (tertiary/aromatic N) is 1. The van der Waals surface area contributed by atoms with E-state index in [1.807, 2.05) is 0 Å². The number of nitrogens with one attached hydrogen (secondary N) is 1. The number of alkyl halides is 2. The van der Waals surface area contributed by atoms with Gasteiger partial charge in [0.1, 0.15) is 5.60 Å². The summed E-state index contributed by atoms with van der Waals surface area (Å²) >= 11 is 0. The molecule has 7 heteroatoms. The number of aliphatic hydroxyl groups is 2. The number of hydrogen-bond donors (Lipinski definition) is 3. The fraction of sp³-hybridized carbons (Fsp3) is 0.941. The quantitative estimate of drug-likeness (QED) is 0.720. The van der Waals surface area contributed by atoms with Crippen molar-refractivity contribution in [2.24, 2.45) is 0 Å². The van der Waals surface area contributed by atoms with Gasteiger partial charge in [0.25, 0.3) is 5.91 Å². The molecule has 1 aliphatic heterocycles. The molecule has 1 unspecified atom stereocenters. The van der Waals surface area contributed by atoms with Gasteiger partial charge >= 0.3 is 5.92 Å². The summed E-state index contributed by atoms with van der Waals surface area (Å²) < 4.78 is 29.2. The lowest BCUT2D eigenvalue weighted by Gasteiger charge is -2.39. The number of rotatable bonds is 4. The molecule has 3 atom stereocenters. The average Bonchev–Trinajstić information content (AvgIpc) is 3.16. The molecule has 3 fully saturated rings. The summed E-state index contributed by atoms with van der Waals surface area (Å²) in [4.78, 5) is 14.4. The largest absolute Gasteiger partial charge is 0.392 e. The maximum Gasteiger partial charge on any atom is 0.352 e. The van der Waals surface area contributed by atoms with Gasteiger partial charge in [-0.15, -0.1) is 0 Å². The molecule has 0 aromatic carbocycles. The second-order valence-electron chi connectivity index (χ2n) is 7.68. The minimum absolute atomic E-state index is 0.00268. The number of aliphatic hydroxyl groups excluding tert-OH is 1. The lowest BCUT2D eigenvalue weighted by atomic mass is 9.79. The van der Waals surface area contributed by atoms with E-state index in [4.69, 9.17) is 0 Å². The highest BCUT2D eigenvalue weighted by Gasteiger charge is 2.58. The Morgan fingerprint density at radius 1 is 1.12 bits per heavy atom. The Labute approximate surface area is 141 Å². The van der Waals surface area contributed by atoms with Crippen LogP contribution < -0.4 is 5.32 Å². The van der Waals surface area contributed by atoms with Crippen LogP contribution in [0, 0.1) is 0 Å². The molecule has 24 heavy (non-hydrogen) atoms. The van der Waals surface area contributed by atoms with E-state index in [9.17, 15) is 23.8 Å². The molecule has 0 radical (unpaired) electrons. The van der Waals surface area contributed by atoms with Crippen LogP contribution in [0.25, 0.3) is 0 Å². The summed E-state index contributed by atoms with van der Waals surface area (Å²) in [5.74, 6) is -5.10. The maximum atomic E-state index is 14.6. The summed E-state index contributed by atoms with van der Waals surface area (Å²) in [5, 5.41) is 22.5. The van der Waals surface area contributed by atoms with Gasteiger partial charge in [0.15, 0.2) is 0 Å². The number of amides is 1. The lowest BCUT2D eigenvalue weighted by molar-refractivity contribution is -0.202. The molecule has 2 saturated carbocycles. The van der Waals surface area contributed by atoms with Crippen molar-refractivity contribution < 1.29 is 23.8 Å². The van der Waals surface area contributed by atoms with Crippen LogP contribution in [0.1, 0.15) is 57.8 Å². The predicted molar refractivity (Wildman–Crippen MR) is 84.7 cm³/mol. The zero-order valence-electron chi connectivity index (χ0n) is 14.0. The van der Waals surface area contributed by atoms with Gasteiger partial charge in [0.05, 0.1) is 6.10 Å². The standard InChI is InChI=1S/C17H28F2N2O3/c18-17(19,16(24)8-2-1-3-9-16)15(23)20-13-5-4-6-14(13)21-10-7-12(22)11-21/h12-14,22,24H,1-11H2,(H,20,23)/t12?,13-,14+/m1/s1. The Morgan fingerprint density at radius 2 is 1.83 bits per heavy atom. The van der Waals surface area contributed by atoms with Crippen molar-refractivity contribution in [3.05, 3.63) is 0 Å². The number of halogens is 2. The van der Waals surface area contributed by atoms with Gasteiger partial charge in [-0.25, -0.2) is 0 Å². The Kier molecular flexibility index (Phi) is 5.14. The van der Waals surface area contributed by atoms with Crippen LogP contribution in [0.5, 0.6) is 0 Å². The van der Waals surface area contributed by atoms with Gasteiger partial charge in [0.2, 0.25) is 0 Å². The van der Waals surface area contributed by atoms with E-state index in [0.29, 0.717) is 32.2 Å². The molecule has 3 aliphatic rings. The minimum Gasteiger partial charge on any atom is -0.392 e. The third-order valence-electron chi connectivity index (χ3n) is 6.01. The van der Waals surface area contributed by atoms with E-state index in [1.54, 1.807) is 0 Å². The van der Waals surface area contributed by atoms with Crippen LogP contribution in [0.2, 0.25) is 0 Å². The Balaban J connectivity index is 1.64. The SMILES string of the molecule is O=C(N[C@@H]1CCC[C@@H]1N1CCC(O)C1)C(F)(F)C1(O)CCCCC1. The monoisotopic (exact) mass is 346 g/mol. The second kappa shape index (κ2) is 6.84. The van der Waals surface area contributed by atoms with E-state index < -0.39 is 17.4 Å². The summed E-state index contributed by atoms with van der Waals surface area (Å²) in [6, 6.07) is -0.330. The molecular formula is C17H28F2N2O3. The first-order chi connectivity index (χ1) is 11.3. The first-order valence-corrected chi connectivity index (χ1v) is 9.17. The van der Waals surface area contributed by atoms with Crippen LogP contribution in [0.15, 0.2) is 0 Å². The van der Waals surface area contributed by atoms with Crippen molar-refractivity contribution in [2.45, 2.75) is 87.5 Å². The lowest BCUT2D eigenvalue weighted by Crippen LogP contribution is -2.61. The van der Waals surface area contributed by atoms with Gasteiger partial charge in [-0.1, -0.05) is 19.3 Å². The molecule has 1 saturated heterocycles. The highest BCUT2D eigenvalue weighted by atomic mass is 19.3. The fourth-order valence-corrected chi connectivity index (χ4v) is 4.54. The molecule has 1 heterocycles. The van der Waals surface area contributed by atoms with E-state index >= 15 is 0 Å². The summed E-state index contributed by atoms with van der Waals surface area (Å²) in [6.45, 7) is 1.27. The Hall–Kier alpha value is -0.790. The molecule has 138 valence electrons. The molecule has 0 aromatic heterocycles. The zero-order valence-corrected chi connectivity index (χ0v) is 14.0. The van der Waals surface area contributed by atoms with E-state index in [2.05, 4.69) is 10.2 Å². The van der Waals surface area contributed by atoms with Crippen molar-refractivity contribution >= 4 is 5.91 Å². The number of β-amino-alcohol motifs (C(OH)–C–C–N with tert-alkyl or cyclic N) is 1. The summed E-state index contributed by atoms with van der Waals surface area (Å²) in [5.41, 5.74) is -2.22. The van der Waals surface area contributed by atoms with Crippen LogP contribution in [-0.4, -0.2) is 63.8 Å². The van der Waals surface area contributed by atoms with Gasteiger partial charge in [0, 0.05) is 25.2 Å². The molecule has 2 aliphatic carbocycles. The molecule has 5 nitrogen and oxygen atoms in total. The normalized spacial score (nSPS) is 34.4. The van der Waals surface area contributed by atoms with Gasteiger partial charge < -0.3 is 15.5 Å². The third kappa shape index (κ3) is 3.30. The molecule has 1 amide bonds. The van der Waals surface area contributed by atoms with Gasteiger partial charge in [-0.3, -0.25) is 9.69 Å². The fourth-order valence-electron chi connectivity index (χ4n) is 4.54. The van der Waals surface area contributed by atoms with E-state index in [-0.39, 0.29) is 31.0 Å². The predicted octanol–water partition coefficient (Wildman–Crippen LogP) is 1.42. The Morgan fingerprint density at radius 3 is 2.46 bits per heavy atom. The second-order valence-corrected chi connectivity index (χ2v) is 7.68. The molecule has 0 spiro atoms. The van der Waals surface area contributed by atoms with Crippen molar-refractivity contribution in [1.82, 2.24) is 10.2 Å². The number of likely N-dealkylation sites (tertiary alicyclic amines) is 1. The molecule has 3 N–H and O–H groups in total. The number of hydrogen-bond acceptors (Lipinski definition) is 4. The summed E-state index contributed by atoms with van der Waals surface area (Å²) in [7, 11) is 0.